The molecule has 2 aromatic carbocycles. The topological polar surface area (TPSA) is 58.2 Å². The minimum atomic E-state index is -0.471. The summed E-state index contributed by atoms with van der Waals surface area (Å²) in [6, 6.07) is 16.7. The summed E-state index contributed by atoms with van der Waals surface area (Å²) in [6.45, 7) is 4.92. The van der Waals surface area contributed by atoms with Gasteiger partial charge in [0, 0.05) is 32.2 Å². The fraction of sp³-hybridized carbons (Fsp3) is 0.440. The first kappa shape index (κ1) is 19.3. The summed E-state index contributed by atoms with van der Waals surface area (Å²) < 4.78 is 5.65. The number of H-pyrrole nitrogens is 1. The maximum atomic E-state index is 13.9. The molecule has 5 rings (SSSR count). The van der Waals surface area contributed by atoms with E-state index in [1.807, 2.05) is 18.2 Å². The summed E-state index contributed by atoms with van der Waals surface area (Å²) in [5, 5.41) is 0. The van der Waals surface area contributed by atoms with Crippen molar-refractivity contribution >= 4 is 16.9 Å². The predicted molar refractivity (Wildman–Crippen MR) is 118 cm³/mol. The highest BCUT2D eigenvalue weighted by molar-refractivity contribution is 5.88. The molecule has 1 amide bonds. The summed E-state index contributed by atoms with van der Waals surface area (Å²) in [4.78, 5) is 24.3. The van der Waals surface area contributed by atoms with Crippen molar-refractivity contribution in [3.05, 3.63) is 65.5 Å². The van der Waals surface area contributed by atoms with Gasteiger partial charge >= 0.3 is 0 Å². The Bertz CT molecular complexity index is 1000. The molecule has 0 spiro atoms. The fourth-order valence-corrected chi connectivity index (χ4v) is 5.07. The lowest BCUT2D eigenvalue weighted by molar-refractivity contribution is -0.142. The summed E-state index contributed by atoms with van der Waals surface area (Å²) >= 11 is 0. The van der Waals surface area contributed by atoms with Gasteiger partial charge in [-0.15, -0.1) is 0 Å². The van der Waals surface area contributed by atoms with Gasteiger partial charge in [-0.1, -0.05) is 42.0 Å². The number of para-hydroxylation sites is 2. The van der Waals surface area contributed by atoms with Gasteiger partial charge in [-0.3, -0.25) is 4.79 Å². The summed E-state index contributed by atoms with van der Waals surface area (Å²) in [5.41, 5.74) is 3.94. The average molecular weight is 404 g/mol. The number of ether oxygens (including phenoxy) is 1. The van der Waals surface area contributed by atoms with Crippen LogP contribution >= 0.6 is 0 Å². The summed E-state index contributed by atoms with van der Waals surface area (Å²) in [5.74, 6) is 1.52. The molecule has 0 saturated carbocycles. The molecule has 1 aromatic heterocycles. The molecule has 0 radical (unpaired) electrons. The number of aromatic nitrogens is 2. The third-order valence-electron chi connectivity index (χ3n) is 6.86. The van der Waals surface area contributed by atoms with E-state index in [-0.39, 0.29) is 11.8 Å². The maximum Gasteiger partial charge on any atom is 0.233 e. The van der Waals surface area contributed by atoms with Crippen LogP contribution in [-0.4, -0.2) is 47.1 Å². The number of carbonyl (C=O) groups is 1. The molecule has 2 aliphatic rings. The zero-order valence-corrected chi connectivity index (χ0v) is 17.6. The van der Waals surface area contributed by atoms with Gasteiger partial charge < -0.3 is 14.6 Å². The Kier molecular flexibility index (Phi) is 5.07. The number of hydrogen-bond donors (Lipinski definition) is 1. The number of aryl methyl sites for hydroxylation is 1. The van der Waals surface area contributed by atoms with Crippen molar-refractivity contribution in [2.24, 2.45) is 0 Å². The largest absolute Gasteiger partial charge is 0.381 e. The molecule has 30 heavy (non-hydrogen) atoms. The Hall–Kier alpha value is -2.66. The number of aromatic amines is 1. The summed E-state index contributed by atoms with van der Waals surface area (Å²) in [6.07, 6.45) is 3.57. The molecular weight excluding hydrogens is 374 g/mol. The zero-order valence-electron chi connectivity index (χ0n) is 17.6. The normalized spacial score (nSPS) is 21.6. The lowest BCUT2D eigenvalue weighted by atomic mass is 9.72. The highest BCUT2D eigenvalue weighted by Crippen LogP contribution is 2.39. The minimum absolute atomic E-state index is 0.255. The zero-order chi connectivity index (χ0) is 20.6. The van der Waals surface area contributed by atoms with Crippen LogP contribution in [0.25, 0.3) is 11.0 Å². The van der Waals surface area contributed by atoms with Crippen molar-refractivity contribution in [1.82, 2.24) is 14.9 Å². The van der Waals surface area contributed by atoms with E-state index in [2.05, 4.69) is 47.1 Å². The molecule has 0 bridgehead atoms. The van der Waals surface area contributed by atoms with Crippen LogP contribution < -0.4 is 0 Å². The van der Waals surface area contributed by atoms with Crippen molar-refractivity contribution in [1.29, 1.82) is 0 Å². The van der Waals surface area contributed by atoms with Crippen molar-refractivity contribution < 1.29 is 9.53 Å². The van der Waals surface area contributed by atoms with E-state index in [0.29, 0.717) is 13.2 Å². The van der Waals surface area contributed by atoms with E-state index in [1.54, 1.807) is 0 Å². The van der Waals surface area contributed by atoms with E-state index in [0.717, 1.165) is 61.2 Å². The van der Waals surface area contributed by atoms with Crippen LogP contribution in [0.3, 0.4) is 0 Å². The van der Waals surface area contributed by atoms with Crippen LogP contribution in [0.5, 0.6) is 0 Å². The molecule has 1 N–H and O–H groups in total. The third-order valence-corrected chi connectivity index (χ3v) is 6.86. The van der Waals surface area contributed by atoms with Crippen LogP contribution in [0.4, 0.5) is 0 Å². The lowest BCUT2D eigenvalue weighted by Gasteiger charge is -2.42. The highest BCUT2D eigenvalue weighted by Gasteiger charge is 2.45. The summed E-state index contributed by atoms with van der Waals surface area (Å²) in [7, 11) is 0. The second-order valence-electron chi connectivity index (χ2n) is 8.79. The second-order valence-corrected chi connectivity index (χ2v) is 8.79. The number of nitrogens with one attached hydrogen (secondary N) is 1. The van der Waals surface area contributed by atoms with Crippen molar-refractivity contribution in [3.8, 4) is 0 Å². The SMILES string of the molecule is Cc1ccc(C2(C(=O)N3CCCC(c4nc5ccccc5[nH]4)C3)CCOCC2)cc1. The molecule has 2 fully saturated rings. The Labute approximate surface area is 177 Å². The predicted octanol–water partition coefficient (Wildman–Crippen LogP) is 4.33. The molecule has 5 nitrogen and oxygen atoms in total. The number of rotatable bonds is 3. The molecule has 3 aromatic rings. The van der Waals surface area contributed by atoms with Gasteiger partial charge in [0.1, 0.15) is 5.82 Å². The molecule has 0 aliphatic carbocycles. The molecule has 5 heteroatoms. The van der Waals surface area contributed by atoms with Crippen molar-refractivity contribution in [3.63, 3.8) is 0 Å². The average Bonchev–Trinajstić information content (AvgIpc) is 3.24. The molecule has 3 heterocycles. The highest BCUT2D eigenvalue weighted by atomic mass is 16.5. The van der Waals surface area contributed by atoms with Crippen molar-refractivity contribution in [2.75, 3.05) is 26.3 Å². The van der Waals surface area contributed by atoms with E-state index in [1.165, 1.54) is 5.56 Å². The lowest BCUT2D eigenvalue weighted by Crippen LogP contribution is -2.52. The van der Waals surface area contributed by atoms with Crippen LogP contribution in [0, 0.1) is 6.92 Å². The van der Waals surface area contributed by atoms with Gasteiger partial charge in [-0.2, -0.15) is 0 Å². The number of nitrogens with zero attached hydrogens (tertiary/aromatic N) is 2. The Balaban J connectivity index is 1.42. The Morgan fingerprint density at radius 2 is 1.90 bits per heavy atom. The number of benzene rings is 2. The standard InChI is InChI=1S/C25H29N3O2/c1-18-8-10-20(11-9-18)25(12-15-30-16-13-25)24(29)28-14-4-5-19(17-28)23-26-21-6-2-3-7-22(21)27-23/h2-3,6-11,19H,4-5,12-17H2,1H3,(H,26,27). The number of amides is 1. The quantitative estimate of drug-likeness (QED) is 0.708. The second kappa shape index (κ2) is 7.88. The van der Waals surface area contributed by atoms with Crippen LogP contribution in [0.1, 0.15) is 48.6 Å². The van der Waals surface area contributed by atoms with Gasteiger partial charge in [-0.05, 0) is 50.3 Å². The van der Waals surface area contributed by atoms with Gasteiger partial charge in [0.2, 0.25) is 5.91 Å². The molecule has 1 atom stereocenters. The van der Waals surface area contributed by atoms with E-state index < -0.39 is 5.41 Å². The third kappa shape index (κ3) is 3.41. The molecular formula is C25H29N3O2. The van der Waals surface area contributed by atoms with E-state index >= 15 is 0 Å². The smallest absolute Gasteiger partial charge is 0.233 e. The maximum absolute atomic E-state index is 13.9. The Morgan fingerprint density at radius 3 is 2.67 bits per heavy atom. The van der Waals surface area contributed by atoms with Crippen LogP contribution in [0.15, 0.2) is 48.5 Å². The molecule has 156 valence electrons. The van der Waals surface area contributed by atoms with E-state index in [9.17, 15) is 4.79 Å². The number of piperidine rings is 1. The molecule has 1 unspecified atom stereocenters. The number of likely N-dealkylation sites (tertiary alicyclic amines) is 1. The van der Waals surface area contributed by atoms with Gasteiger partial charge in [0.25, 0.3) is 0 Å². The molecule has 2 saturated heterocycles. The van der Waals surface area contributed by atoms with Crippen LogP contribution in [-0.2, 0) is 14.9 Å². The first-order valence-corrected chi connectivity index (χ1v) is 11.0. The fourth-order valence-electron chi connectivity index (χ4n) is 5.07. The number of fused-ring (bicyclic) bond motifs is 1. The number of imidazole rings is 1. The number of hydrogen-bond acceptors (Lipinski definition) is 3. The monoisotopic (exact) mass is 403 g/mol. The van der Waals surface area contributed by atoms with Gasteiger partial charge in [0.15, 0.2) is 0 Å². The number of carbonyl (C=O) groups excluding carboxylic acids is 1. The Morgan fingerprint density at radius 1 is 1.13 bits per heavy atom. The first-order valence-electron chi connectivity index (χ1n) is 11.0. The van der Waals surface area contributed by atoms with Gasteiger partial charge in [0.05, 0.1) is 16.4 Å². The van der Waals surface area contributed by atoms with E-state index in [4.69, 9.17) is 9.72 Å². The van der Waals surface area contributed by atoms with Gasteiger partial charge in [-0.25, -0.2) is 4.98 Å². The minimum Gasteiger partial charge on any atom is -0.381 e. The molecule has 2 aliphatic heterocycles. The van der Waals surface area contributed by atoms with Crippen LogP contribution in [0.2, 0.25) is 0 Å². The van der Waals surface area contributed by atoms with Crippen molar-refractivity contribution in [2.45, 2.75) is 43.9 Å². The first-order chi connectivity index (χ1) is 14.7.